The molecule has 2 N–H and O–H groups in total. The summed E-state index contributed by atoms with van der Waals surface area (Å²) in [5.74, 6) is -0.757. The molecule has 0 aliphatic carbocycles. The number of hydrogen-bond acceptors (Lipinski definition) is 6. The summed E-state index contributed by atoms with van der Waals surface area (Å²) >= 11 is 0. The summed E-state index contributed by atoms with van der Waals surface area (Å²) in [6.45, 7) is 15.0. The quantitative estimate of drug-likeness (QED) is 0.703. The summed E-state index contributed by atoms with van der Waals surface area (Å²) in [4.78, 5) is 26.2. The SMILES string of the molecule is CC(C(=O)OC(C)(C)C)N(CCN)C(C)C(=O)OC(C)(C)C.Cl.Cl. The molecule has 0 radical (unpaired) electrons. The lowest BCUT2D eigenvalue weighted by Gasteiger charge is -2.34. The van der Waals surface area contributed by atoms with Crippen molar-refractivity contribution in [2.75, 3.05) is 13.1 Å². The van der Waals surface area contributed by atoms with Crippen molar-refractivity contribution in [1.29, 1.82) is 0 Å². The van der Waals surface area contributed by atoms with Gasteiger partial charge in [-0.05, 0) is 55.4 Å². The van der Waals surface area contributed by atoms with E-state index in [2.05, 4.69) is 0 Å². The summed E-state index contributed by atoms with van der Waals surface area (Å²) in [6, 6.07) is -1.16. The van der Waals surface area contributed by atoms with Crippen LogP contribution in [0.2, 0.25) is 0 Å². The van der Waals surface area contributed by atoms with E-state index in [4.69, 9.17) is 15.2 Å². The number of carbonyl (C=O) groups excluding carboxylic acids is 2. The Morgan fingerprint density at radius 1 is 0.875 bits per heavy atom. The van der Waals surface area contributed by atoms with Crippen molar-refractivity contribution in [2.24, 2.45) is 5.73 Å². The maximum absolute atomic E-state index is 12.2. The Hall–Kier alpha value is -0.560. The highest BCUT2D eigenvalue weighted by molar-refractivity contribution is 5.85. The summed E-state index contributed by atoms with van der Waals surface area (Å²) in [5.41, 5.74) is 4.46. The second-order valence-corrected chi connectivity index (χ2v) is 7.45. The van der Waals surface area contributed by atoms with Gasteiger partial charge in [-0.25, -0.2) is 0 Å². The van der Waals surface area contributed by atoms with E-state index in [-0.39, 0.29) is 36.8 Å². The van der Waals surface area contributed by atoms with Crippen LogP contribution in [0.25, 0.3) is 0 Å². The molecule has 0 aromatic rings. The second kappa shape index (κ2) is 11.1. The fraction of sp³-hybridized carbons (Fsp3) is 0.875. The van der Waals surface area contributed by atoms with Gasteiger partial charge < -0.3 is 15.2 Å². The molecule has 146 valence electrons. The highest BCUT2D eigenvalue weighted by Crippen LogP contribution is 2.16. The van der Waals surface area contributed by atoms with Crippen molar-refractivity contribution in [3.05, 3.63) is 0 Å². The number of ether oxygens (including phenoxy) is 2. The number of nitrogens with two attached hydrogens (primary N) is 1. The molecule has 0 saturated heterocycles. The Kier molecular flexibility index (Phi) is 13.1. The Morgan fingerprint density at radius 2 is 1.17 bits per heavy atom. The van der Waals surface area contributed by atoms with Gasteiger partial charge in [0.15, 0.2) is 0 Å². The molecule has 8 heteroatoms. The molecular weight excluding hydrogens is 355 g/mol. The van der Waals surface area contributed by atoms with Crippen molar-refractivity contribution in [3.63, 3.8) is 0 Å². The summed E-state index contributed by atoms with van der Waals surface area (Å²) in [5, 5.41) is 0. The number of hydrogen-bond donors (Lipinski definition) is 1. The largest absolute Gasteiger partial charge is 0.459 e. The predicted molar refractivity (Wildman–Crippen MR) is 101 cm³/mol. The van der Waals surface area contributed by atoms with Gasteiger partial charge in [0, 0.05) is 13.1 Å². The van der Waals surface area contributed by atoms with Crippen LogP contribution in [0.3, 0.4) is 0 Å². The van der Waals surface area contributed by atoms with Crippen LogP contribution in [0, 0.1) is 0 Å². The van der Waals surface area contributed by atoms with Gasteiger partial charge in [0.1, 0.15) is 23.3 Å². The van der Waals surface area contributed by atoms with Gasteiger partial charge in [-0.3, -0.25) is 14.5 Å². The maximum atomic E-state index is 12.2. The van der Waals surface area contributed by atoms with Crippen molar-refractivity contribution in [1.82, 2.24) is 4.90 Å². The molecule has 24 heavy (non-hydrogen) atoms. The highest BCUT2D eigenvalue weighted by Gasteiger charge is 2.34. The third-order valence-electron chi connectivity index (χ3n) is 2.88. The molecule has 0 saturated carbocycles. The zero-order valence-electron chi connectivity index (χ0n) is 16.0. The van der Waals surface area contributed by atoms with E-state index >= 15 is 0 Å². The van der Waals surface area contributed by atoms with Crippen molar-refractivity contribution >= 4 is 36.8 Å². The molecule has 0 aliphatic heterocycles. The fourth-order valence-corrected chi connectivity index (χ4v) is 1.92. The summed E-state index contributed by atoms with van der Waals surface area (Å²) in [7, 11) is 0. The monoisotopic (exact) mass is 388 g/mol. The van der Waals surface area contributed by atoms with Crippen LogP contribution in [-0.4, -0.2) is 53.2 Å². The molecule has 0 heterocycles. The third-order valence-corrected chi connectivity index (χ3v) is 2.88. The molecule has 0 spiro atoms. The molecule has 0 aromatic carbocycles. The van der Waals surface area contributed by atoms with Gasteiger partial charge in [-0.1, -0.05) is 0 Å². The van der Waals surface area contributed by atoms with Crippen LogP contribution in [0.15, 0.2) is 0 Å². The molecule has 2 atom stereocenters. The Morgan fingerprint density at radius 3 is 1.38 bits per heavy atom. The number of halogens is 2. The first-order valence-electron chi connectivity index (χ1n) is 7.70. The zero-order valence-corrected chi connectivity index (χ0v) is 17.7. The van der Waals surface area contributed by atoms with Gasteiger partial charge in [0.05, 0.1) is 0 Å². The van der Waals surface area contributed by atoms with Gasteiger partial charge in [-0.2, -0.15) is 0 Å². The van der Waals surface area contributed by atoms with Crippen molar-refractivity contribution in [2.45, 2.75) is 78.7 Å². The first-order valence-corrected chi connectivity index (χ1v) is 7.70. The molecule has 6 nitrogen and oxygen atoms in total. The number of esters is 2. The van der Waals surface area contributed by atoms with Crippen LogP contribution in [0.5, 0.6) is 0 Å². The summed E-state index contributed by atoms with van der Waals surface area (Å²) in [6.07, 6.45) is 0. The average molecular weight is 389 g/mol. The lowest BCUT2D eigenvalue weighted by Crippen LogP contribution is -2.52. The number of carbonyl (C=O) groups is 2. The average Bonchev–Trinajstić information content (AvgIpc) is 2.30. The molecule has 2 unspecified atom stereocenters. The van der Waals surface area contributed by atoms with Gasteiger partial charge in [-0.15, -0.1) is 24.8 Å². The minimum Gasteiger partial charge on any atom is -0.459 e. The van der Waals surface area contributed by atoms with E-state index in [1.165, 1.54) is 0 Å². The van der Waals surface area contributed by atoms with Gasteiger partial charge >= 0.3 is 11.9 Å². The van der Waals surface area contributed by atoms with Crippen LogP contribution in [0.1, 0.15) is 55.4 Å². The third kappa shape index (κ3) is 11.1. The minimum absolute atomic E-state index is 0. The van der Waals surface area contributed by atoms with Crippen LogP contribution in [0.4, 0.5) is 0 Å². The van der Waals surface area contributed by atoms with E-state index < -0.39 is 23.3 Å². The number of rotatable bonds is 6. The molecule has 0 bridgehead atoms. The molecule has 0 rings (SSSR count). The predicted octanol–water partition coefficient (Wildman–Crippen LogP) is 2.55. The molecular formula is C16H34Cl2N2O4. The number of nitrogens with zero attached hydrogens (tertiary/aromatic N) is 1. The van der Waals surface area contributed by atoms with E-state index in [1.54, 1.807) is 18.7 Å². The maximum Gasteiger partial charge on any atom is 0.323 e. The first-order chi connectivity index (χ1) is 9.78. The minimum atomic E-state index is -0.578. The fourth-order valence-electron chi connectivity index (χ4n) is 1.92. The first kappa shape index (κ1) is 28.3. The van der Waals surface area contributed by atoms with Crippen molar-refractivity contribution in [3.8, 4) is 0 Å². The Labute approximate surface area is 158 Å². The standard InChI is InChI=1S/C16H32N2O4.2ClH/c1-11(13(19)21-15(3,4)5)18(10-9-17)12(2)14(20)22-16(6,7)8;;/h11-12H,9-10,17H2,1-8H3;2*1H. The van der Waals surface area contributed by atoms with Crippen molar-refractivity contribution < 1.29 is 19.1 Å². The molecule has 0 fully saturated rings. The molecule has 0 aliphatic rings. The normalized spacial score (nSPS) is 14.1. The van der Waals surface area contributed by atoms with E-state index in [0.717, 1.165) is 0 Å². The lowest BCUT2D eigenvalue weighted by molar-refractivity contribution is -0.167. The smallest absolute Gasteiger partial charge is 0.323 e. The van der Waals surface area contributed by atoms with Crippen LogP contribution >= 0.6 is 24.8 Å². The lowest BCUT2D eigenvalue weighted by atomic mass is 10.1. The van der Waals surface area contributed by atoms with E-state index in [0.29, 0.717) is 13.1 Å². The van der Waals surface area contributed by atoms with Crippen LogP contribution in [-0.2, 0) is 19.1 Å². The second-order valence-electron chi connectivity index (χ2n) is 7.45. The highest BCUT2D eigenvalue weighted by atomic mass is 35.5. The van der Waals surface area contributed by atoms with Gasteiger partial charge in [0.2, 0.25) is 0 Å². The summed E-state index contributed by atoms with van der Waals surface area (Å²) < 4.78 is 10.8. The van der Waals surface area contributed by atoms with Crippen LogP contribution < -0.4 is 5.73 Å². The Balaban J connectivity index is -0.00000220. The topological polar surface area (TPSA) is 81.9 Å². The van der Waals surface area contributed by atoms with E-state index in [9.17, 15) is 9.59 Å². The zero-order chi connectivity index (χ0) is 17.7. The molecule has 0 aromatic heterocycles. The van der Waals surface area contributed by atoms with Gasteiger partial charge in [0.25, 0.3) is 0 Å². The Bertz CT molecular complexity index is 359. The molecule has 0 amide bonds. The van der Waals surface area contributed by atoms with E-state index in [1.807, 2.05) is 41.5 Å².